The Morgan fingerprint density at radius 1 is 0.900 bits per heavy atom. The van der Waals surface area contributed by atoms with Crippen molar-refractivity contribution in [2.24, 2.45) is 16.2 Å². The Kier molecular flexibility index (Phi) is 4.83. The second-order valence-electron chi connectivity index (χ2n) is 12.9. The van der Waals surface area contributed by atoms with Gasteiger partial charge >= 0.3 is 29.8 Å². The van der Waals surface area contributed by atoms with Crippen molar-refractivity contribution in [1.82, 2.24) is 0 Å². The smallest absolute Gasteiger partial charge is 0.345 e. The molecule has 6 aliphatic rings. The molecule has 11 nitrogen and oxygen atoms in total. The molecule has 2 saturated carbocycles. The van der Waals surface area contributed by atoms with Gasteiger partial charge in [-0.1, -0.05) is 20.1 Å². The van der Waals surface area contributed by atoms with Crippen LogP contribution in [0.3, 0.4) is 0 Å². The zero-order valence-corrected chi connectivity index (χ0v) is 23.8. The summed E-state index contributed by atoms with van der Waals surface area (Å²) in [7, 11) is 0. The standard InChI is InChI=1S/C29H34O11/c1-13-24(8)20(37-17(5)31)28-14(2)26(11-10-19(32)38-23(26,6)7)12-18(36-16(4)30)25(28,9)27(13)21(33)35-15(3)29(27,40-28)22(34)39-24/h15,18,20H,1-2,10-12H2,3-9H3. The number of ether oxygens (including phenoxy) is 6. The second kappa shape index (κ2) is 7.16. The van der Waals surface area contributed by atoms with Crippen LogP contribution in [0.25, 0.3) is 0 Å². The van der Waals surface area contributed by atoms with Gasteiger partial charge in [-0.05, 0) is 51.7 Å². The maximum absolute atomic E-state index is 14.2. The predicted molar refractivity (Wildman–Crippen MR) is 133 cm³/mol. The molecular weight excluding hydrogens is 524 g/mol. The van der Waals surface area contributed by atoms with Gasteiger partial charge in [-0.3, -0.25) is 19.2 Å². The molecule has 4 heterocycles. The van der Waals surface area contributed by atoms with E-state index in [0.29, 0.717) is 5.57 Å². The number of hydrogen-bond acceptors (Lipinski definition) is 11. The molecule has 6 fully saturated rings. The average Bonchev–Trinajstić information content (AvgIpc) is 3.14. The van der Waals surface area contributed by atoms with E-state index in [-0.39, 0.29) is 24.8 Å². The SMILES string of the molecule is C=C1C2(CCC(=O)OC2(C)C)CC(OC(C)=O)C2(C)C13OC14C(=O)OC(C)(C(=C)C12C(=O)OC4C)C3OC(C)=O. The summed E-state index contributed by atoms with van der Waals surface area (Å²) < 4.78 is 36.7. The molecule has 9 unspecified atom stereocenters. The minimum absolute atomic E-state index is 0.0361. The predicted octanol–water partition coefficient (Wildman–Crippen LogP) is 2.24. The summed E-state index contributed by atoms with van der Waals surface area (Å²) in [5, 5.41) is 0. The van der Waals surface area contributed by atoms with Crippen LogP contribution in [0.4, 0.5) is 0 Å². The maximum Gasteiger partial charge on any atom is 0.345 e. The Morgan fingerprint density at radius 2 is 1.52 bits per heavy atom. The van der Waals surface area contributed by atoms with Gasteiger partial charge < -0.3 is 28.4 Å². The third-order valence-corrected chi connectivity index (χ3v) is 11.2. The van der Waals surface area contributed by atoms with Crippen LogP contribution < -0.4 is 0 Å². The molecule has 11 heteroatoms. The average molecular weight is 559 g/mol. The first kappa shape index (κ1) is 27.0. The molecule has 0 aromatic heterocycles. The molecule has 4 saturated heterocycles. The van der Waals surface area contributed by atoms with Gasteiger partial charge in [0.1, 0.15) is 28.8 Å². The van der Waals surface area contributed by atoms with Gasteiger partial charge in [0.05, 0.1) is 5.41 Å². The molecule has 216 valence electrons. The van der Waals surface area contributed by atoms with E-state index in [1.165, 1.54) is 27.7 Å². The lowest BCUT2D eigenvalue weighted by molar-refractivity contribution is -0.273. The summed E-state index contributed by atoms with van der Waals surface area (Å²) >= 11 is 0. The second-order valence-corrected chi connectivity index (χ2v) is 12.9. The summed E-state index contributed by atoms with van der Waals surface area (Å²) in [6, 6.07) is 0. The molecule has 4 aliphatic heterocycles. The van der Waals surface area contributed by atoms with Gasteiger partial charge in [0.15, 0.2) is 11.7 Å². The van der Waals surface area contributed by atoms with E-state index in [2.05, 4.69) is 13.2 Å². The van der Waals surface area contributed by atoms with Crippen LogP contribution in [0.1, 0.15) is 67.7 Å². The van der Waals surface area contributed by atoms with Gasteiger partial charge in [0, 0.05) is 25.7 Å². The van der Waals surface area contributed by atoms with Gasteiger partial charge in [0.25, 0.3) is 0 Å². The molecule has 9 atom stereocenters. The largest absolute Gasteiger partial charge is 0.462 e. The Balaban J connectivity index is 1.77. The highest BCUT2D eigenvalue weighted by molar-refractivity contribution is 6.03. The van der Waals surface area contributed by atoms with Crippen molar-refractivity contribution in [2.45, 2.75) is 108 Å². The molecule has 2 aliphatic carbocycles. The number of carbonyl (C=O) groups excluding carboxylic acids is 5. The number of esters is 5. The Bertz CT molecular complexity index is 1360. The van der Waals surface area contributed by atoms with E-state index in [4.69, 9.17) is 28.4 Å². The number of fused-ring (bicyclic) bond motifs is 1. The van der Waals surface area contributed by atoms with Crippen LogP contribution in [0, 0.1) is 16.2 Å². The zero-order chi connectivity index (χ0) is 29.6. The molecule has 0 aromatic carbocycles. The van der Waals surface area contributed by atoms with Crippen molar-refractivity contribution in [2.75, 3.05) is 0 Å². The fraction of sp³-hybridized carbons (Fsp3) is 0.690. The molecule has 2 spiro atoms. The highest BCUT2D eigenvalue weighted by Crippen LogP contribution is 2.84. The summed E-state index contributed by atoms with van der Waals surface area (Å²) in [6.45, 7) is 19.5. The van der Waals surface area contributed by atoms with Crippen molar-refractivity contribution in [3.63, 3.8) is 0 Å². The number of carbonyl (C=O) groups is 5. The summed E-state index contributed by atoms with van der Waals surface area (Å²) in [4.78, 5) is 66.3. The maximum atomic E-state index is 14.2. The van der Waals surface area contributed by atoms with Crippen molar-refractivity contribution in [3.05, 3.63) is 24.3 Å². The van der Waals surface area contributed by atoms with Crippen LogP contribution >= 0.6 is 0 Å². The van der Waals surface area contributed by atoms with E-state index in [1.807, 2.05) is 0 Å². The molecule has 6 rings (SSSR count). The van der Waals surface area contributed by atoms with Crippen LogP contribution in [-0.4, -0.2) is 70.6 Å². The number of cyclic esters (lactones) is 2. The summed E-state index contributed by atoms with van der Waals surface area (Å²) in [6.07, 6.45) is -3.27. The first-order chi connectivity index (χ1) is 18.4. The monoisotopic (exact) mass is 558 g/mol. The van der Waals surface area contributed by atoms with Gasteiger partial charge in [-0.2, -0.15) is 0 Å². The summed E-state index contributed by atoms with van der Waals surface area (Å²) in [5.74, 6) is -3.39. The minimum atomic E-state index is -2.05. The quantitative estimate of drug-likeness (QED) is 0.280. The lowest BCUT2D eigenvalue weighted by Gasteiger charge is -2.69. The molecule has 40 heavy (non-hydrogen) atoms. The van der Waals surface area contributed by atoms with Crippen molar-refractivity contribution >= 4 is 29.8 Å². The van der Waals surface area contributed by atoms with Crippen molar-refractivity contribution in [3.8, 4) is 0 Å². The molecule has 0 aromatic rings. The molecule has 0 radical (unpaired) electrons. The van der Waals surface area contributed by atoms with Crippen molar-refractivity contribution in [1.29, 1.82) is 0 Å². The third kappa shape index (κ3) is 2.29. The van der Waals surface area contributed by atoms with Crippen molar-refractivity contribution < 1.29 is 52.4 Å². The molecular formula is C29H34O11. The fourth-order valence-corrected chi connectivity index (χ4v) is 9.48. The van der Waals surface area contributed by atoms with Crippen LogP contribution in [0.5, 0.6) is 0 Å². The van der Waals surface area contributed by atoms with E-state index in [1.54, 1.807) is 20.8 Å². The van der Waals surface area contributed by atoms with E-state index in [0.717, 1.165) is 0 Å². The molecule has 0 amide bonds. The van der Waals surface area contributed by atoms with E-state index in [9.17, 15) is 24.0 Å². The lowest BCUT2D eigenvalue weighted by Crippen LogP contribution is -2.82. The van der Waals surface area contributed by atoms with E-state index >= 15 is 0 Å². The topological polar surface area (TPSA) is 141 Å². The Hall–Kier alpha value is -3.21. The Morgan fingerprint density at radius 3 is 2.10 bits per heavy atom. The fourth-order valence-electron chi connectivity index (χ4n) is 9.48. The van der Waals surface area contributed by atoms with Crippen LogP contribution in [0.15, 0.2) is 24.3 Å². The number of rotatable bonds is 2. The Labute approximate surface area is 231 Å². The minimum Gasteiger partial charge on any atom is -0.462 e. The molecule has 3 bridgehead atoms. The highest BCUT2D eigenvalue weighted by Gasteiger charge is 3.01. The normalized spacial score (nSPS) is 49.6. The van der Waals surface area contributed by atoms with Gasteiger partial charge in [0.2, 0.25) is 5.60 Å². The highest BCUT2D eigenvalue weighted by atomic mass is 16.7. The zero-order valence-electron chi connectivity index (χ0n) is 23.8. The summed E-state index contributed by atoms with van der Waals surface area (Å²) in [5.41, 5.74) is -10.9. The third-order valence-electron chi connectivity index (χ3n) is 11.2. The lowest BCUT2D eigenvalue weighted by atomic mass is 9.34. The first-order valence-corrected chi connectivity index (χ1v) is 13.5. The van der Waals surface area contributed by atoms with Gasteiger partial charge in [-0.15, -0.1) is 0 Å². The first-order valence-electron chi connectivity index (χ1n) is 13.5. The molecule has 0 N–H and O–H groups in total. The van der Waals surface area contributed by atoms with Crippen LogP contribution in [-0.2, 0) is 52.4 Å². The van der Waals surface area contributed by atoms with E-state index < -0.39 is 86.8 Å². The van der Waals surface area contributed by atoms with Gasteiger partial charge in [-0.25, -0.2) is 4.79 Å². The number of hydrogen-bond donors (Lipinski definition) is 0. The van der Waals surface area contributed by atoms with Crippen LogP contribution in [0.2, 0.25) is 0 Å².